The summed E-state index contributed by atoms with van der Waals surface area (Å²) in [7, 11) is 2.21. The number of likely N-dealkylation sites (N-methyl/N-ethyl adjacent to an activating group) is 2. The van der Waals surface area contributed by atoms with Crippen LogP contribution in [0.4, 0.5) is 0 Å². The second-order valence-corrected chi connectivity index (χ2v) is 6.02. The second-order valence-electron chi connectivity index (χ2n) is 6.02. The van der Waals surface area contributed by atoms with Crippen LogP contribution >= 0.6 is 0 Å². The normalized spacial score (nSPS) is 19.5. The van der Waals surface area contributed by atoms with Crippen LogP contribution < -0.4 is 5.32 Å². The Kier molecular flexibility index (Phi) is 6.61. The van der Waals surface area contributed by atoms with E-state index in [9.17, 15) is 0 Å². The highest BCUT2D eigenvalue weighted by Gasteiger charge is 2.23. The molecule has 1 aliphatic heterocycles. The van der Waals surface area contributed by atoms with E-state index in [4.69, 9.17) is 4.98 Å². The third-order valence-electron chi connectivity index (χ3n) is 4.28. The summed E-state index contributed by atoms with van der Waals surface area (Å²) in [6, 6.07) is 7.08. The molecule has 4 nitrogen and oxygen atoms in total. The average molecular weight is 290 g/mol. The Hall–Kier alpha value is -0.970. The summed E-state index contributed by atoms with van der Waals surface area (Å²) in [5.74, 6) is 0. The predicted molar refractivity (Wildman–Crippen MR) is 88.2 cm³/mol. The molecule has 0 aromatic carbocycles. The van der Waals surface area contributed by atoms with E-state index in [1.807, 2.05) is 0 Å². The van der Waals surface area contributed by atoms with E-state index in [1.165, 1.54) is 31.6 Å². The Morgan fingerprint density at radius 2 is 2.14 bits per heavy atom. The molecule has 4 heteroatoms. The van der Waals surface area contributed by atoms with Gasteiger partial charge >= 0.3 is 0 Å². The van der Waals surface area contributed by atoms with Crippen molar-refractivity contribution >= 4 is 0 Å². The first kappa shape index (κ1) is 16.4. The van der Waals surface area contributed by atoms with Crippen molar-refractivity contribution in [2.45, 2.75) is 45.8 Å². The van der Waals surface area contributed by atoms with Crippen LogP contribution in [0.5, 0.6) is 0 Å². The van der Waals surface area contributed by atoms with Crippen molar-refractivity contribution < 1.29 is 0 Å². The third kappa shape index (κ3) is 5.06. The fourth-order valence-corrected chi connectivity index (χ4v) is 3.19. The van der Waals surface area contributed by atoms with Gasteiger partial charge in [0.05, 0.1) is 11.4 Å². The lowest BCUT2D eigenvalue weighted by atomic mass is 10.2. The minimum Gasteiger partial charge on any atom is -0.311 e. The first-order valence-electron chi connectivity index (χ1n) is 8.31. The molecule has 1 N–H and O–H groups in total. The predicted octanol–water partition coefficient (Wildman–Crippen LogP) is 2.11. The average Bonchev–Trinajstić information content (AvgIpc) is 2.92. The van der Waals surface area contributed by atoms with E-state index in [-0.39, 0.29) is 0 Å². The molecule has 2 heterocycles. The molecule has 0 radical (unpaired) electrons. The van der Waals surface area contributed by atoms with Crippen molar-refractivity contribution in [3.63, 3.8) is 0 Å². The number of likely N-dealkylation sites (tertiary alicyclic amines) is 1. The molecular formula is C17H30N4. The van der Waals surface area contributed by atoms with Crippen LogP contribution in [0.1, 0.15) is 38.1 Å². The third-order valence-corrected chi connectivity index (χ3v) is 4.28. The molecule has 1 unspecified atom stereocenters. The maximum atomic E-state index is 4.75. The zero-order chi connectivity index (χ0) is 15.1. The Morgan fingerprint density at radius 1 is 1.33 bits per heavy atom. The lowest BCUT2D eigenvalue weighted by Gasteiger charge is -2.27. The van der Waals surface area contributed by atoms with Gasteiger partial charge in [0.2, 0.25) is 0 Å². The van der Waals surface area contributed by atoms with E-state index in [0.717, 1.165) is 37.9 Å². The topological polar surface area (TPSA) is 31.4 Å². The van der Waals surface area contributed by atoms with Gasteiger partial charge in [-0.15, -0.1) is 0 Å². The summed E-state index contributed by atoms with van der Waals surface area (Å²) in [5.41, 5.74) is 2.31. The van der Waals surface area contributed by atoms with Gasteiger partial charge in [-0.3, -0.25) is 14.8 Å². The maximum Gasteiger partial charge on any atom is 0.0547 e. The number of pyridine rings is 1. The van der Waals surface area contributed by atoms with Gasteiger partial charge < -0.3 is 5.32 Å². The molecule has 21 heavy (non-hydrogen) atoms. The van der Waals surface area contributed by atoms with Gasteiger partial charge in [-0.25, -0.2) is 0 Å². The molecule has 0 saturated carbocycles. The number of hydrogen-bond acceptors (Lipinski definition) is 4. The van der Waals surface area contributed by atoms with Crippen molar-refractivity contribution in [2.24, 2.45) is 0 Å². The highest BCUT2D eigenvalue weighted by atomic mass is 15.2. The summed E-state index contributed by atoms with van der Waals surface area (Å²) in [6.07, 6.45) is 2.69. The number of rotatable bonds is 8. The molecule has 2 rings (SSSR count). The highest BCUT2D eigenvalue weighted by Crippen LogP contribution is 2.17. The maximum absolute atomic E-state index is 4.75. The van der Waals surface area contributed by atoms with Crippen LogP contribution in [0.25, 0.3) is 0 Å². The van der Waals surface area contributed by atoms with Gasteiger partial charge in [-0.2, -0.15) is 0 Å². The molecule has 0 spiro atoms. The van der Waals surface area contributed by atoms with Crippen LogP contribution in [0.2, 0.25) is 0 Å². The second kappa shape index (κ2) is 8.47. The molecule has 1 fully saturated rings. The SMILES string of the molecule is CCNCc1cccc(CN(C)CC2CCCN2CC)n1. The molecule has 1 aromatic rings. The molecule has 0 bridgehead atoms. The zero-order valence-corrected chi connectivity index (χ0v) is 13.8. The van der Waals surface area contributed by atoms with Crippen molar-refractivity contribution in [3.8, 4) is 0 Å². The monoisotopic (exact) mass is 290 g/mol. The largest absolute Gasteiger partial charge is 0.311 e. The molecule has 1 aliphatic rings. The molecule has 118 valence electrons. The number of hydrogen-bond donors (Lipinski definition) is 1. The van der Waals surface area contributed by atoms with Crippen LogP contribution in [0, 0.1) is 0 Å². The summed E-state index contributed by atoms with van der Waals surface area (Å²) >= 11 is 0. The van der Waals surface area contributed by atoms with Crippen molar-refractivity contribution in [1.82, 2.24) is 20.1 Å². The summed E-state index contributed by atoms with van der Waals surface area (Å²) in [5, 5.41) is 3.33. The quantitative estimate of drug-likeness (QED) is 0.794. The first-order valence-corrected chi connectivity index (χ1v) is 8.31. The van der Waals surface area contributed by atoms with E-state index in [0.29, 0.717) is 0 Å². The Labute approximate surface area is 129 Å². The Morgan fingerprint density at radius 3 is 2.90 bits per heavy atom. The van der Waals surface area contributed by atoms with E-state index < -0.39 is 0 Å². The van der Waals surface area contributed by atoms with E-state index >= 15 is 0 Å². The highest BCUT2D eigenvalue weighted by molar-refractivity contribution is 5.11. The zero-order valence-electron chi connectivity index (χ0n) is 13.8. The number of nitrogens with one attached hydrogen (secondary N) is 1. The van der Waals surface area contributed by atoms with Crippen LogP contribution in [-0.4, -0.2) is 54.1 Å². The molecular weight excluding hydrogens is 260 g/mol. The summed E-state index contributed by atoms with van der Waals surface area (Å²) in [6.45, 7) is 10.8. The standard InChI is InChI=1S/C17H30N4/c1-4-18-12-15-8-6-9-16(19-15)13-20(3)14-17-10-7-11-21(17)5-2/h6,8-9,17-18H,4-5,7,10-14H2,1-3H3. The molecule has 1 aromatic heterocycles. The smallest absolute Gasteiger partial charge is 0.0547 e. The number of nitrogens with zero attached hydrogens (tertiary/aromatic N) is 3. The fraction of sp³-hybridized carbons (Fsp3) is 0.706. The van der Waals surface area contributed by atoms with Crippen molar-refractivity contribution in [3.05, 3.63) is 29.6 Å². The lowest BCUT2D eigenvalue weighted by Crippen LogP contribution is -2.38. The molecule has 1 atom stereocenters. The minimum atomic E-state index is 0.727. The lowest BCUT2D eigenvalue weighted by molar-refractivity contribution is 0.193. The summed E-state index contributed by atoms with van der Waals surface area (Å²) in [4.78, 5) is 9.76. The van der Waals surface area contributed by atoms with E-state index in [1.54, 1.807) is 0 Å². The van der Waals surface area contributed by atoms with Crippen LogP contribution in [0.3, 0.4) is 0 Å². The van der Waals surface area contributed by atoms with Crippen molar-refractivity contribution in [1.29, 1.82) is 0 Å². The fourth-order valence-electron chi connectivity index (χ4n) is 3.19. The van der Waals surface area contributed by atoms with Gasteiger partial charge in [-0.1, -0.05) is 19.9 Å². The molecule has 1 saturated heterocycles. The van der Waals surface area contributed by atoms with Gasteiger partial charge in [-0.05, 0) is 51.7 Å². The van der Waals surface area contributed by atoms with Crippen molar-refractivity contribution in [2.75, 3.05) is 33.2 Å². The Balaban J connectivity index is 1.85. The Bertz CT molecular complexity index is 421. The minimum absolute atomic E-state index is 0.727. The molecule has 0 amide bonds. The van der Waals surface area contributed by atoms with Crippen LogP contribution in [-0.2, 0) is 13.1 Å². The van der Waals surface area contributed by atoms with Gasteiger partial charge in [0.15, 0.2) is 0 Å². The van der Waals surface area contributed by atoms with E-state index in [2.05, 4.69) is 54.2 Å². The summed E-state index contributed by atoms with van der Waals surface area (Å²) < 4.78 is 0. The number of aromatic nitrogens is 1. The van der Waals surface area contributed by atoms with Gasteiger partial charge in [0, 0.05) is 25.7 Å². The van der Waals surface area contributed by atoms with Gasteiger partial charge in [0.1, 0.15) is 0 Å². The molecule has 0 aliphatic carbocycles. The van der Waals surface area contributed by atoms with Crippen LogP contribution in [0.15, 0.2) is 18.2 Å². The van der Waals surface area contributed by atoms with Gasteiger partial charge in [0.25, 0.3) is 0 Å². The first-order chi connectivity index (χ1) is 10.2.